The number of allylic oxidation sites excluding steroid dienone is 1. The summed E-state index contributed by atoms with van der Waals surface area (Å²) in [6, 6.07) is 0. The summed E-state index contributed by atoms with van der Waals surface area (Å²) < 4.78 is 0. The van der Waals surface area contributed by atoms with Gasteiger partial charge in [0.2, 0.25) is 11.4 Å². The minimum absolute atomic E-state index is 0.0401. The van der Waals surface area contributed by atoms with Gasteiger partial charge in [-0.05, 0) is 9.92 Å². The number of rotatable bonds is 1. The van der Waals surface area contributed by atoms with Crippen LogP contribution < -0.4 is 0 Å². The van der Waals surface area contributed by atoms with Crippen LogP contribution in [0.25, 0.3) is 0 Å². The van der Waals surface area contributed by atoms with Crippen molar-refractivity contribution in [1.29, 1.82) is 0 Å². The van der Waals surface area contributed by atoms with E-state index >= 15 is 0 Å². The van der Waals surface area contributed by atoms with E-state index in [1.165, 1.54) is 12.3 Å². The molecule has 2 heterocycles. The molecule has 0 saturated carbocycles. The number of nitrogens with zero attached hydrogens (tertiary/aromatic N) is 4. The highest BCUT2D eigenvalue weighted by Gasteiger charge is 2.45. The maximum Gasteiger partial charge on any atom is 0.445 e. The van der Waals surface area contributed by atoms with Crippen LogP contribution in [0.1, 0.15) is 0 Å². The van der Waals surface area contributed by atoms with Gasteiger partial charge in [-0.15, -0.1) is 0 Å². The first kappa shape index (κ1) is 8.23. The predicted molar refractivity (Wildman–Crippen MR) is 45.0 cm³/mol. The van der Waals surface area contributed by atoms with Gasteiger partial charge in [-0.3, -0.25) is 10.1 Å². The van der Waals surface area contributed by atoms with Crippen LogP contribution in [-0.4, -0.2) is 21.9 Å². The third kappa shape index (κ3) is 0.937. The highest BCUT2D eigenvalue weighted by molar-refractivity contribution is 5.98. The maximum absolute atomic E-state index is 10.5. The zero-order valence-corrected chi connectivity index (χ0v) is 6.58. The maximum atomic E-state index is 10.5. The lowest BCUT2D eigenvalue weighted by Crippen LogP contribution is -2.18. The van der Waals surface area contributed by atoms with Gasteiger partial charge < -0.3 is 10.1 Å². The summed E-state index contributed by atoms with van der Waals surface area (Å²) in [4.78, 5) is 26.3. The zero-order chi connectivity index (χ0) is 10.3. The second-order valence-corrected chi connectivity index (χ2v) is 2.48. The highest BCUT2D eigenvalue weighted by Crippen LogP contribution is 2.29. The van der Waals surface area contributed by atoms with Crippen LogP contribution in [0.15, 0.2) is 33.2 Å². The molecule has 2 aliphatic rings. The van der Waals surface area contributed by atoms with Gasteiger partial charge in [0.1, 0.15) is 0 Å². The normalized spacial score (nSPS) is 18.0. The number of aliphatic imine (C=N–C) groups is 2. The molecule has 8 heteroatoms. The zero-order valence-electron chi connectivity index (χ0n) is 6.58. The summed E-state index contributed by atoms with van der Waals surface area (Å²) in [5.74, 6) is -0.756. The monoisotopic (exact) mass is 194 g/mol. The van der Waals surface area contributed by atoms with Gasteiger partial charge >= 0.3 is 11.5 Å². The molecule has 8 nitrogen and oxygen atoms in total. The number of nitro groups is 2. The Labute approximate surface area is 76.3 Å². The van der Waals surface area contributed by atoms with E-state index in [0.29, 0.717) is 0 Å². The number of amidine groups is 1. The van der Waals surface area contributed by atoms with Crippen molar-refractivity contribution < 1.29 is 9.85 Å². The number of hydrogen-bond acceptors (Lipinski definition) is 6. The molecule has 0 aliphatic carbocycles. The summed E-state index contributed by atoms with van der Waals surface area (Å²) in [6.45, 7) is 0. The molecule has 0 N–H and O–H groups in total. The second-order valence-electron chi connectivity index (χ2n) is 2.48. The second kappa shape index (κ2) is 2.55. The van der Waals surface area contributed by atoms with Gasteiger partial charge in [0.25, 0.3) is 0 Å². The molecule has 0 aromatic carbocycles. The Kier molecular flexibility index (Phi) is 1.50. The number of fused-ring (bicyclic) bond motifs is 1. The van der Waals surface area contributed by atoms with Gasteiger partial charge in [-0.25, -0.2) is 4.99 Å². The summed E-state index contributed by atoms with van der Waals surface area (Å²) in [5.41, 5.74) is -0.514. The van der Waals surface area contributed by atoms with Crippen LogP contribution in [0.5, 0.6) is 0 Å². The Hall–Kier alpha value is -2.38. The molecule has 70 valence electrons. The summed E-state index contributed by atoms with van der Waals surface area (Å²) in [5, 5.41) is 20.9. The molecule has 0 amide bonds. The lowest BCUT2D eigenvalue weighted by atomic mass is 10.3. The molecule has 0 atom stereocenters. The van der Waals surface area contributed by atoms with Crippen molar-refractivity contribution >= 4 is 12.1 Å². The van der Waals surface area contributed by atoms with Gasteiger partial charge in [0.05, 0.1) is 4.92 Å². The SMILES string of the molecule is O=[N+]([O-])C1=NC2=CC=NC2=C1[N+](=O)[O-]. The molecule has 0 saturated heterocycles. The minimum Gasteiger partial charge on any atom is -0.358 e. The van der Waals surface area contributed by atoms with Crippen LogP contribution in [-0.2, 0) is 0 Å². The van der Waals surface area contributed by atoms with Crippen molar-refractivity contribution in [3.8, 4) is 0 Å². The van der Waals surface area contributed by atoms with E-state index < -0.39 is 21.4 Å². The molecule has 2 rings (SSSR count). The van der Waals surface area contributed by atoms with E-state index in [2.05, 4.69) is 9.98 Å². The molecule has 0 radical (unpaired) electrons. The minimum atomic E-state index is -0.889. The first-order valence-corrected chi connectivity index (χ1v) is 3.48. The molecular weight excluding hydrogens is 192 g/mol. The molecular formula is C6H2N4O4. The Balaban J connectivity index is 2.60. The van der Waals surface area contributed by atoms with Crippen LogP contribution in [0.4, 0.5) is 0 Å². The van der Waals surface area contributed by atoms with Crippen molar-refractivity contribution in [1.82, 2.24) is 0 Å². The van der Waals surface area contributed by atoms with E-state index in [-0.39, 0.29) is 11.4 Å². The van der Waals surface area contributed by atoms with E-state index in [9.17, 15) is 20.2 Å². The average Bonchev–Trinajstić information content (AvgIpc) is 2.58. The van der Waals surface area contributed by atoms with Crippen LogP contribution in [0, 0.1) is 20.2 Å². The first-order valence-electron chi connectivity index (χ1n) is 3.48. The molecule has 14 heavy (non-hydrogen) atoms. The highest BCUT2D eigenvalue weighted by atomic mass is 16.6. The largest absolute Gasteiger partial charge is 0.445 e. The van der Waals surface area contributed by atoms with Gasteiger partial charge in [0.15, 0.2) is 0 Å². The Morgan fingerprint density at radius 1 is 1.21 bits per heavy atom. The van der Waals surface area contributed by atoms with Gasteiger partial charge in [-0.1, -0.05) is 0 Å². The van der Waals surface area contributed by atoms with Gasteiger partial charge in [-0.2, -0.15) is 0 Å². The third-order valence-corrected chi connectivity index (χ3v) is 1.70. The van der Waals surface area contributed by atoms with E-state index in [1.807, 2.05) is 0 Å². The lowest BCUT2D eigenvalue weighted by Gasteiger charge is -1.91. The first-order chi connectivity index (χ1) is 6.61. The van der Waals surface area contributed by atoms with Crippen molar-refractivity contribution in [3.63, 3.8) is 0 Å². The van der Waals surface area contributed by atoms with E-state index in [1.54, 1.807) is 0 Å². The summed E-state index contributed by atoms with van der Waals surface area (Å²) in [7, 11) is 0. The number of hydrogen-bond donors (Lipinski definition) is 0. The molecule has 0 bridgehead atoms. The van der Waals surface area contributed by atoms with Crippen LogP contribution in [0.3, 0.4) is 0 Å². The van der Waals surface area contributed by atoms with Crippen LogP contribution >= 0.6 is 0 Å². The third-order valence-electron chi connectivity index (χ3n) is 1.70. The fourth-order valence-electron chi connectivity index (χ4n) is 1.17. The fraction of sp³-hybridized carbons (Fsp3) is 0. The van der Waals surface area contributed by atoms with Crippen molar-refractivity contribution in [3.05, 3.63) is 43.4 Å². The fourth-order valence-corrected chi connectivity index (χ4v) is 1.17. The van der Waals surface area contributed by atoms with E-state index in [0.717, 1.165) is 0 Å². The topological polar surface area (TPSA) is 111 Å². The molecule has 0 unspecified atom stereocenters. The van der Waals surface area contributed by atoms with Crippen molar-refractivity contribution in [2.75, 3.05) is 0 Å². The molecule has 0 aromatic heterocycles. The Bertz CT molecular complexity index is 470. The molecule has 0 aromatic rings. The smallest absolute Gasteiger partial charge is 0.358 e. The average molecular weight is 194 g/mol. The molecule has 0 spiro atoms. The van der Waals surface area contributed by atoms with Gasteiger partial charge in [0, 0.05) is 12.3 Å². The predicted octanol–water partition coefficient (Wildman–Crippen LogP) is 0.132. The Morgan fingerprint density at radius 2 is 1.93 bits per heavy atom. The van der Waals surface area contributed by atoms with E-state index in [4.69, 9.17) is 0 Å². The molecule has 2 aliphatic heterocycles. The summed E-state index contributed by atoms with van der Waals surface area (Å²) in [6.07, 6.45) is 2.70. The molecule has 0 fully saturated rings. The standard InChI is InChI=1S/C6H2N4O4/c11-9(12)5-4-3(1-2-7-4)8-6(5)10(13)14/h1-2H. The van der Waals surface area contributed by atoms with Crippen molar-refractivity contribution in [2.24, 2.45) is 9.98 Å². The summed E-state index contributed by atoms with van der Waals surface area (Å²) >= 11 is 0. The van der Waals surface area contributed by atoms with Crippen LogP contribution in [0.2, 0.25) is 0 Å². The Morgan fingerprint density at radius 3 is 2.50 bits per heavy atom. The quantitative estimate of drug-likeness (QED) is 0.436. The lowest BCUT2D eigenvalue weighted by molar-refractivity contribution is -0.437. The van der Waals surface area contributed by atoms with Crippen molar-refractivity contribution in [2.45, 2.75) is 0 Å².